The topological polar surface area (TPSA) is 37.8 Å². The third-order valence-electron chi connectivity index (χ3n) is 2.82. The Morgan fingerprint density at radius 2 is 2.00 bits per heavy atom. The van der Waals surface area contributed by atoms with Crippen molar-refractivity contribution in [3.05, 3.63) is 38.7 Å². The Hall–Kier alpha value is -1.01. The zero-order valence-corrected chi connectivity index (χ0v) is 14.3. The third-order valence-corrected chi connectivity index (χ3v) is 4.26. The summed E-state index contributed by atoms with van der Waals surface area (Å²) in [5.41, 5.74) is 1.72. The van der Waals surface area contributed by atoms with Gasteiger partial charge in [-0.25, -0.2) is 14.4 Å². The lowest BCUT2D eigenvalue weighted by Crippen LogP contribution is -2.03. The minimum Gasteiger partial charge on any atom is -0.372 e. The highest BCUT2D eigenvalue weighted by Crippen LogP contribution is 2.29. The number of halogens is 3. The molecule has 0 fully saturated rings. The summed E-state index contributed by atoms with van der Waals surface area (Å²) in [6, 6.07) is 4.77. The van der Waals surface area contributed by atoms with Gasteiger partial charge >= 0.3 is 0 Å². The van der Waals surface area contributed by atoms with E-state index in [0.29, 0.717) is 10.3 Å². The average molecular weight is 403 g/mol. The van der Waals surface area contributed by atoms with Crippen molar-refractivity contribution in [1.29, 1.82) is 0 Å². The molecule has 1 heterocycles. The fourth-order valence-electron chi connectivity index (χ4n) is 1.83. The van der Waals surface area contributed by atoms with Crippen molar-refractivity contribution in [1.82, 2.24) is 9.97 Å². The van der Waals surface area contributed by atoms with Gasteiger partial charge in [-0.05, 0) is 56.5 Å². The van der Waals surface area contributed by atoms with Gasteiger partial charge in [-0.1, -0.05) is 13.3 Å². The molecule has 1 N–H and O–H groups in total. The van der Waals surface area contributed by atoms with E-state index in [1.165, 1.54) is 6.07 Å². The molecule has 0 radical (unpaired) electrons. The molecule has 0 spiro atoms. The van der Waals surface area contributed by atoms with E-state index in [1.807, 2.05) is 7.05 Å². The van der Waals surface area contributed by atoms with Crippen LogP contribution in [0, 0.1) is 5.82 Å². The summed E-state index contributed by atoms with van der Waals surface area (Å²) in [5, 5.41) is 3.05. The Labute approximate surface area is 134 Å². The monoisotopic (exact) mass is 401 g/mol. The molecular weight excluding hydrogens is 389 g/mol. The van der Waals surface area contributed by atoms with Crippen LogP contribution in [0.2, 0.25) is 0 Å². The normalized spacial score (nSPS) is 10.7. The molecule has 2 rings (SSSR count). The second kappa shape index (κ2) is 6.63. The maximum atomic E-state index is 13.3. The molecule has 0 saturated heterocycles. The third kappa shape index (κ3) is 3.17. The smallest absolute Gasteiger partial charge is 0.161 e. The lowest BCUT2D eigenvalue weighted by Gasteiger charge is -2.11. The quantitative estimate of drug-likeness (QED) is 0.797. The van der Waals surface area contributed by atoms with Crippen LogP contribution in [0.5, 0.6) is 0 Å². The first-order valence-corrected chi connectivity index (χ1v) is 7.85. The van der Waals surface area contributed by atoms with Crippen LogP contribution in [0.4, 0.5) is 10.2 Å². The largest absolute Gasteiger partial charge is 0.372 e. The second-order valence-electron chi connectivity index (χ2n) is 4.29. The first kappa shape index (κ1) is 15.4. The van der Waals surface area contributed by atoms with Crippen LogP contribution in [0.1, 0.15) is 19.0 Å². The summed E-state index contributed by atoms with van der Waals surface area (Å²) in [6.07, 6.45) is 1.85. The highest BCUT2D eigenvalue weighted by Gasteiger charge is 2.13. The number of anilines is 1. The molecule has 1 aromatic carbocycles. The molecule has 0 aliphatic rings. The fourth-order valence-corrected chi connectivity index (χ4v) is 2.78. The van der Waals surface area contributed by atoms with Crippen LogP contribution < -0.4 is 5.32 Å². The second-order valence-corrected chi connectivity index (χ2v) is 5.93. The number of nitrogens with one attached hydrogen (secondary N) is 1. The number of aryl methyl sites for hydroxylation is 1. The van der Waals surface area contributed by atoms with Gasteiger partial charge in [0.25, 0.3) is 0 Å². The molecule has 0 aliphatic carbocycles. The highest BCUT2D eigenvalue weighted by molar-refractivity contribution is 9.11. The van der Waals surface area contributed by atoms with Gasteiger partial charge in [0.2, 0.25) is 0 Å². The van der Waals surface area contributed by atoms with Gasteiger partial charge in [0, 0.05) is 12.6 Å². The Kier molecular flexibility index (Phi) is 5.10. The molecule has 0 atom stereocenters. The number of nitrogens with zero attached hydrogens (tertiary/aromatic N) is 2. The molecule has 2 aromatic rings. The summed E-state index contributed by atoms with van der Waals surface area (Å²) in [7, 11) is 1.81. The van der Waals surface area contributed by atoms with Gasteiger partial charge in [0.05, 0.1) is 14.6 Å². The Morgan fingerprint density at radius 1 is 1.25 bits per heavy atom. The first-order valence-electron chi connectivity index (χ1n) is 6.26. The highest BCUT2D eigenvalue weighted by atomic mass is 79.9. The molecule has 3 nitrogen and oxygen atoms in total. The maximum absolute atomic E-state index is 13.3. The molecule has 0 unspecified atom stereocenters. The van der Waals surface area contributed by atoms with Crippen LogP contribution in [0.3, 0.4) is 0 Å². The van der Waals surface area contributed by atoms with Crippen molar-refractivity contribution < 1.29 is 4.39 Å². The van der Waals surface area contributed by atoms with Crippen molar-refractivity contribution in [2.45, 2.75) is 19.8 Å². The van der Waals surface area contributed by atoms with Crippen LogP contribution in [0.25, 0.3) is 11.4 Å². The molecule has 0 aliphatic heterocycles. The van der Waals surface area contributed by atoms with Crippen LogP contribution in [0.15, 0.2) is 27.1 Å². The maximum Gasteiger partial charge on any atom is 0.161 e. The Morgan fingerprint density at radius 3 is 2.60 bits per heavy atom. The van der Waals surface area contributed by atoms with Gasteiger partial charge in [0.15, 0.2) is 5.82 Å². The van der Waals surface area contributed by atoms with E-state index < -0.39 is 0 Å². The van der Waals surface area contributed by atoms with Crippen molar-refractivity contribution in [2.75, 3.05) is 12.4 Å². The standard InChI is InChI=1S/C14H14Br2FN3/c1-3-4-11-12(16)14(18-2)20-13(19-11)8-5-6-10(17)9(15)7-8/h5-7H,3-4H2,1-2H3,(H,18,19,20). The predicted octanol–water partition coefficient (Wildman–Crippen LogP) is 4.80. The SMILES string of the molecule is CCCc1nc(-c2ccc(F)c(Br)c2)nc(NC)c1Br. The minimum atomic E-state index is -0.298. The Bertz CT molecular complexity index is 632. The summed E-state index contributed by atoms with van der Waals surface area (Å²) in [6.45, 7) is 2.10. The van der Waals surface area contributed by atoms with Crippen molar-refractivity contribution in [3.63, 3.8) is 0 Å². The van der Waals surface area contributed by atoms with Crippen LogP contribution in [-0.4, -0.2) is 17.0 Å². The van der Waals surface area contributed by atoms with E-state index >= 15 is 0 Å². The molecule has 20 heavy (non-hydrogen) atoms. The first-order chi connectivity index (χ1) is 9.56. The van der Waals surface area contributed by atoms with Crippen molar-refractivity contribution >= 4 is 37.7 Å². The summed E-state index contributed by atoms with van der Waals surface area (Å²) < 4.78 is 14.6. The molecule has 106 valence electrons. The fraction of sp³-hybridized carbons (Fsp3) is 0.286. The number of aromatic nitrogens is 2. The lowest BCUT2D eigenvalue weighted by molar-refractivity contribution is 0.621. The van der Waals surface area contributed by atoms with Gasteiger partial charge in [-0.15, -0.1) is 0 Å². The lowest BCUT2D eigenvalue weighted by atomic mass is 10.2. The number of hydrogen-bond donors (Lipinski definition) is 1. The van der Waals surface area contributed by atoms with Crippen molar-refractivity contribution in [3.8, 4) is 11.4 Å². The molecular formula is C14H14Br2FN3. The molecule has 6 heteroatoms. The Balaban J connectivity index is 2.55. The van der Waals surface area contributed by atoms with Crippen LogP contribution >= 0.6 is 31.9 Å². The number of rotatable bonds is 4. The molecule has 0 amide bonds. The number of hydrogen-bond acceptors (Lipinski definition) is 3. The van der Waals surface area contributed by atoms with Gasteiger partial charge in [0.1, 0.15) is 11.6 Å². The van der Waals surface area contributed by atoms with E-state index in [0.717, 1.165) is 34.4 Å². The molecule has 1 aromatic heterocycles. The van der Waals surface area contributed by atoms with Crippen LogP contribution in [-0.2, 0) is 6.42 Å². The van der Waals surface area contributed by atoms with E-state index in [-0.39, 0.29) is 5.82 Å². The zero-order chi connectivity index (χ0) is 14.7. The van der Waals surface area contributed by atoms with E-state index in [4.69, 9.17) is 0 Å². The van der Waals surface area contributed by atoms with E-state index in [2.05, 4.69) is 54.1 Å². The summed E-state index contributed by atoms with van der Waals surface area (Å²) in [4.78, 5) is 9.03. The predicted molar refractivity (Wildman–Crippen MR) is 86.4 cm³/mol. The zero-order valence-electron chi connectivity index (χ0n) is 11.2. The van der Waals surface area contributed by atoms with E-state index in [9.17, 15) is 4.39 Å². The van der Waals surface area contributed by atoms with Gasteiger partial charge < -0.3 is 5.32 Å². The van der Waals surface area contributed by atoms with Gasteiger partial charge in [-0.2, -0.15) is 0 Å². The summed E-state index contributed by atoms with van der Waals surface area (Å²) in [5.74, 6) is 1.02. The van der Waals surface area contributed by atoms with Crippen molar-refractivity contribution in [2.24, 2.45) is 0 Å². The molecule has 0 bridgehead atoms. The minimum absolute atomic E-state index is 0.298. The number of benzene rings is 1. The molecule has 0 saturated carbocycles. The van der Waals surface area contributed by atoms with Gasteiger partial charge in [-0.3, -0.25) is 0 Å². The van der Waals surface area contributed by atoms with E-state index in [1.54, 1.807) is 12.1 Å². The average Bonchev–Trinajstić information content (AvgIpc) is 2.44. The summed E-state index contributed by atoms with van der Waals surface area (Å²) >= 11 is 6.71.